The number of nitrogens with two attached hydrogens (primary N) is 1. The molecule has 0 saturated heterocycles. The molecular formula is C14H13N3S. The van der Waals surface area contributed by atoms with Gasteiger partial charge in [-0.3, -0.25) is 4.98 Å². The van der Waals surface area contributed by atoms with Crippen LogP contribution in [0.15, 0.2) is 42.7 Å². The molecule has 3 nitrogen and oxygen atoms in total. The van der Waals surface area contributed by atoms with Crippen LogP contribution in [-0.4, -0.2) is 9.97 Å². The van der Waals surface area contributed by atoms with Crippen LogP contribution >= 0.6 is 11.3 Å². The molecule has 0 fully saturated rings. The monoisotopic (exact) mass is 255 g/mol. The van der Waals surface area contributed by atoms with Crippen molar-refractivity contribution < 1.29 is 0 Å². The van der Waals surface area contributed by atoms with Gasteiger partial charge in [0.05, 0.1) is 21.4 Å². The molecule has 2 heterocycles. The highest BCUT2D eigenvalue weighted by Crippen LogP contribution is 2.23. The Morgan fingerprint density at radius 2 is 1.94 bits per heavy atom. The number of pyridine rings is 1. The third kappa shape index (κ3) is 2.12. The number of hydrogen-bond acceptors (Lipinski definition) is 4. The van der Waals surface area contributed by atoms with E-state index in [4.69, 9.17) is 5.73 Å². The normalized spacial score (nSPS) is 10.9. The maximum absolute atomic E-state index is 5.75. The van der Waals surface area contributed by atoms with Crippen LogP contribution in [0.25, 0.3) is 10.2 Å². The molecule has 18 heavy (non-hydrogen) atoms. The molecule has 2 aromatic heterocycles. The third-order valence-corrected chi connectivity index (χ3v) is 3.95. The summed E-state index contributed by atoms with van der Waals surface area (Å²) in [5.41, 5.74) is 9.17. The molecule has 0 atom stereocenters. The van der Waals surface area contributed by atoms with Gasteiger partial charge in [-0.15, -0.1) is 11.3 Å². The van der Waals surface area contributed by atoms with E-state index in [9.17, 15) is 0 Å². The van der Waals surface area contributed by atoms with E-state index in [-0.39, 0.29) is 0 Å². The summed E-state index contributed by atoms with van der Waals surface area (Å²) < 4.78 is 1.19. The first-order valence-electron chi connectivity index (χ1n) is 5.83. The third-order valence-electron chi connectivity index (χ3n) is 2.91. The van der Waals surface area contributed by atoms with E-state index in [2.05, 4.69) is 22.1 Å². The molecule has 0 bridgehead atoms. The van der Waals surface area contributed by atoms with Gasteiger partial charge in [0, 0.05) is 19.2 Å². The Labute approximate surface area is 109 Å². The summed E-state index contributed by atoms with van der Waals surface area (Å²) in [5, 5.41) is 1.11. The molecule has 3 rings (SSSR count). The van der Waals surface area contributed by atoms with E-state index >= 15 is 0 Å². The van der Waals surface area contributed by atoms with Crippen molar-refractivity contribution in [2.75, 3.05) is 0 Å². The van der Waals surface area contributed by atoms with Crippen molar-refractivity contribution in [1.82, 2.24) is 9.97 Å². The van der Waals surface area contributed by atoms with Gasteiger partial charge < -0.3 is 5.73 Å². The second-order valence-electron chi connectivity index (χ2n) is 4.10. The quantitative estimate of drug-likeness (QED) is 0.783. The predicted octanol–water partition coefficient (Wildman–Crippen LogP) is 2.74. The molecule has 3 aromatic rings. The Morgan fingerprint density at radius 1 is 1.11 bits per heavy atom. The summed E-state index contributed by atoms with van der Waals surface area (Å²) >= 11 is 1.72. The SMILES string of the molecule is NCc1ccccc1Cc1nc2cnccc2s1. The van der Waals surface area contributed by atoms with Crippen molar-refractivity contribution >= 4 is 21.6 Å². The topological polar surface area (TPSA) is 51.8 Å². The fraction of sp³-hybridized carbons (Fsp3) is 0.143. The zero-order valence-electron chi connectivity index (χ0n) is 9.84. The number of hydrogen-bond donors (Lipinski definition) is 1. The van der Waals surface area contributed by atoms with Crippen LogP contribution in [0.1, 0.15) is 16.1 Å². The molecule has 2 N–H and O–H groups in total. The Hall–Kier alpha value is -1.78. The van der Waals surface area contributed by atoms with Crippen LogP contribution in [0.3, 0.4) is 0 Å². The Kier molecular flexibility index (Phi) is 3.04. The number of rotatable bonds is 3. The van der Waals surface area contributed by atoms with Gasteiger partial charge >= 0.3 is 0 Å². The maximum atomic E-state index is 5.75. The standard InChI is InChI=1S/C14H13N3S/c15-8-11-4-2-1-3-10(11)7-14-17-12-9-16-6-5-13(12)18-14/h1-6,9H,7-8,15H2. The Bertz CT molecular complexity index is 642. The summed E-state index contributed by atoms with van der Waals surface area (Å²) in [5.74, 6) is 0. The lowest BCUT2D eigenvalue weighted by Crippen LogP contribution is -2.01. The van der Waals surface area contributed by atoms with Crippen LogP contribution in [-0.2, 0) is 13.0 Å². The van der Waals surface area contributed by atoms with Gasteiger partial charge in [0.2, 0.25) is 0 Å². The molecule has 1 aromatic carbocycles. The van der Waals surface area contributed by atoms with Crippen molar-refractivity contribution in [2.45, 2.75) is 13.0 Å². The minimum Gasteiger partial charge on any atom is -0.326 e. The molecule has 0 aliphatic carbocycles. The average molecular weight is 255 g/mol. The Balaban J connectivity index is 1.96. The van der Waals surface area contributed by atoms with Crippen LogP contribution < -0.4 is 5.73 Å². The van der Waals surface area contributed by atoms with Crippen LogP contribution in [0.5, 0.6) is 0 Å². The smallest absolute Gasteiger partial charge is 0.0998 e. The van der Waals surface area contributed by atoms with Gasteiger partial charge in [-0.25, -0.2) is 4.98 Å². The van der Waals surface area contributed by atoms with E-state index in [1.54, 1.807) is 17.5 Å². The van der Waals surface area contributed by atoms with Gasteiger partial charge in [-0.1, -0.05) is 24.3 Å². The summed E-state index contributed by atoms with van der Waals surface area (Å²) in [4.78, 5) is 8.69. The largest absolute Gasteiger partial charge is 0.326 e. The van der Waals surface area contributed by atoms with Gasteiger partial charge in [0.25, 0.3) is 0 Å². The van der Waals surface area contributed by atoms with E-state index in [1.807, 2.05) is 24.4 Å². The number of aromatic nitrogens is 2. The summed E-state index contributed by atoms with van der Waals surface area (Å²) in [6.07, 6.45) is 4.45. The highest BCUT2D eigenvalue weighted by Gasteiger charge is 2.06. The average Bonchev–Trinajstić information content (AvgIpc) is 2.81. The van der Waals surface area contributed by atoms with E-state index in [0.29, 0.717) is 6.54 Å². The lowest BCUT2D eigenvalue weighted by atomic mass is 10.1. The van der Waals surface area contributed by atoms with Crippen LogP contribution in [0.4, 0.5) is 0 Å². The molecular weight excluding hydrogens is 242 g/mol. The molecule has 0 aliphatic rings. The highest BCUT2D eigenvalue weighted by atomic mass is 32.1. The molecule has 0 aliphatic heterocycles. The molecule has 4 heteroatoms. The zero-order chi connectivity index (χ0) is 12.4. The van der Waals surface area contributed by atoms with Crippen molar-refractivity contribution in [2.24, 2.45) is 5.73 Å². The van der Waals surface area contributed by atoms with Crippen molar-refractivity contribution in [3.05, 3.63) is 58.9 Å². The first-order valence-corrected chi connectivity index (χ1v) is 6.65. The highest BCUT2D eigenvalue weighted by molar-refractivity contribution is 7.18. The minimum absolute atomic E-state index is 0.572. The first-order chi connectivity index (χ1) is 8.86. The Morgan fingerprint density at radius 3 is 2.72 bits per heavy atom. The summed E-state index contributed by atoms with van der Waals surface area (Å²) in [6.45, 7) is 0.572. The lowest BCUT2D eigenvalue weighted by Gasteiger charge is -2.04. The van der Waals surface area contributed by atoms with Gasteiger partial charge in [-0.2, -0.15) is 0 Å². The molecule has 0 radical (unpaired) electrons. The molecule has 0 unspecified atom stereocenters. The molecule has 0 saturated carbocycles. The van der Waals surface area contributed by atoms with E-state index < -0.39 is 0 Å². The van der Waals surface area contributed by atoms with Gasteiger partial charge in [-0.05, 0) is 17.2 Å². The molecule has 0 amide bonds. The van der Waals surface area contributed by atoms with Crippen LogP contribution in [0.2, 0.25) is 0 Å². The fourth-order valence-corrected chi connectivity index (χ4v) is 2.95. The van der Waals surface area contributed by atoms with E-state index in [1.165, 1.54) is 15.8 Å². The minimum atomic E-state index is 0.572. The zero-order valence-corrected chi connectivity index (χ0v) is 10.7. The lowest BCUT2D eigenvalue weighted by molar-refractivity contribution is 1.01. The number of thiazole rings is 1. The number of benzene rings is 1. The van der Waals surface area contributed by atoms with Gasteiger partial charge in [0.1, 0.15) is 0 Å². The fourth-order valence-electron chi connectivity index (χ4n) is 2.00. The number of nitrogens with zero attached hydrogens (tertiary/aromatic N) is 2. The van der Waals surface area contributed by atoms with Crippen molar-refractivity contribution in [1.29, 1.82) is 0 Å². The summed E-state index contributed by atoms with van der Waals surface area (Å²) in [7, 11) is 0. The van der Waals surface area contributed by atoms with Crippen molar-refractivity contribution in [3.8, 4) is 0 Å². The van der Waals surface area contributed by atoms with Crippen molar-refractivity contribution in [3.63, 3.8) is 0 Å². The van der Waals surface area contributed by atoms with E-state index in [0.717, 1.165) is 16.9 Å². The number of fused-ring (bicyclic) bond motifs is 1. The van der Waals surface area contributed by atoms with Crippen LogP contribution in [0, 0.1) is 0 Å². The second-order valence-corrected chi connectivity index (χ2v) is 5.22. The molecule has 90 valence electrons. The predicted molar refractivity (Wildman–Crippen MR) is 74.6 cm³/mol. The maximum Gasteiger partial charge on any atom is 0.0998 e. The van der Waals surface area contributed by atoms with Gasteiger partial charge in [0.15, 0.2) is 0 Å². The second kappa shape index (κ2) is 4.84. The molecule has 0 spiro atoms. The summed E-state index contributed by atoms with van der Waals surface area (Å²) in [6, 6.07) is 10.3. The first kappa shape index (κ1) is 11.3.